The van der Waals surface area contributed by atoms with Crippen molar-refractivity contribution < 1.29 is 9.59 Å². The van der Waals surface area contributed by atoms with Crippen LogP contribution >= 0.6 is 23.2 Å². The molecule has 2 amide bonds. The normalized spacial score (nSPS) is 11.1. The molecule has 0 saturated carbocycles. The zero-order valence-electron chi connectivity index (χ0n) is 16.5. The number of nitrogens with zero attached hydrogens (tertiary/aromatic N) is 4. The Morgan fingerprint density at radius 3 is 2.52 bits per heavy atom. The fourth-order valence-electron chi connectivity index (χ4n) is 2.95. The Labute approximate surface area is 178 Å². The van der Waals surface area contributed by atoms with E-state index < -0.39 is 5.91 Å². The third-order valence-electron chi connectivity index (χ3n) is 4.43. The largest absolute Gasteiger partial charge is 0.332 e. The van der Waals surface area contributed by atoms with Crippen molar-refractivity contribution in [1.29, 1.82) is 0 Å². The number of benzene rings is 1. The lowest BCUT2D eigenvalue weighted by atomic mass is 10.1. The maximum Gasteiger partial charge on any atom is 0.255 e. The molecule has 7 nitrogen and oxygen atoms in total. The van der Waals surface area contributed by atoms with Crippen molar-refractivity contribution in [2.24, 2.45) is 0 Å². The SMILES string of the molecule is Cc1nc2c(cnn2C(C)C)cc1C(=O)N(C)CC(=O)Nc1c(Cl)cccc1Cl. The number of rotatable bonds is 5. The molecule has 29 heavy (non-hydrogen) atoms. The average Bonchev–Trinajstić information content (AvgIpc) is 3.06. The summed E-state index contributed by atoms with van der Waals surface area (Å²) in [6, 6.07) is 6.84. The molecule has 0 bridgehead atoms. The van der Waals surface area contributed by atoms with Crippen LogP contribution in [-0.2, 0) is 4.79 Å². The summed E-state index contributed by atoms with van der Waals surface area (Å²) >= 11 is 12.1. The van der Waals surface area contributed by atoms with Crippen molar-refractivity contribution >= 4 is 51.7 Å². The standard InChI is InChI=1S/C20H21Cl2N5O2/c1-11(2)27-19-13(9-23-27)8-14(12(3)24-19)20(29)26(4)10-17(28)25-18-15(21)6-5-7-16(18)22/h5-9,11H,10H2,1-4H3,(H,25,28). The summed E-state index contributed by atoms with van der Waals surface area (Å²) < 4.78 is 1.81. The molecule has 3 rings (SSSR count). The first-order valence-electron chi connectivity index (χ1n) is 9.03. The number of carbonyl (C=O) groups excluding carboxylic acids is 2. The Bertz CT molecular complexity index is 1070. The Hall–Kier alpha value is -2.64. The molecule has 0 aliphatic heterocycles. The fraction of sp³-hybridized carbons (Fsp3) is 0.300. The van der Waals surface area contributed by atoms with Crippen LogP contribution in [0.5, 0.6) is 0 Å². The van der Waals surface area contributed by atoms with Crippen molar-refractivity contribution in [2.45, 2.75) is 26.8 Å². The number of amides is 2. The van der Waals surface area contributed by atoms with E-state index in [-0.39, 0.29) is 18.5 Å². The lowest BCUT2D eigenvalue weighted by Crippen LogP contribution is -2.35. The van der Waals surface area contributed by atoms with Gasteiger partial charge in [0.25, 0.3) is 5.91 Å². The van der Waals surface area contributed by atoms with E-state index in [0.29, 0.717) is 27.0 Å². The van der Waals surface area contributed by atoms with Crippen LogP contribution in [0, 0.1) is 6.92 Å². The maximum atomic E-state index is 12.9. The topological polar surface area (TPSA) is 80.1 Å². The Kier molecular flexibility index (Phi) is 6.10. The number of halogens is 2. The van der Waals surface area contributed by atoms with Crippen LogP contribution in [0.2, 0.25) is 10.0 Å². The Balaban J connectivity index is 1.78. The second kappa shape index (κ2) is 8.39. The number of fused-ring (bicyclic) bond motifs is 1. The average molecular weight is 434 g/mol. The smallest absolute Gasteiger partial charge is 0.255 e. The minimum atomic E-state index is -0.407. The van der Waals surface area contributed by atoms with E-state index >= 15 is 0 Å². The van der Waals surface area contributed by atoms with Crippen LogP contribution in [0.3, 0.4) is 0 Å². The van der Waals surface area contributed by atoms with E-state index in [1.165, 1.54) is 4.90 Å². The molecule has 0 fully saturated rings. The van der Waals surface area contributed by atoms with E-state index in [2.05, 4.69) is 15.4 Å². The van der Waals surface area contributed by atoms with Gasteiger partial charge in [-0.25, -0.2) is 9.67 Å². The summed E-state index contributed by atoms with van der Waals surface area (Å²) in [5.74, 6) is -0.718. The summed E-state index contributed by atoms with van der Waals surface area (Å²) in [4.78, 5) is 31.2. The first-order chi connectivity index (χ1) is 13.7. The highest BCUT2D eigenvalue weighted by atomic mass is 35.5. The first kappa shape index (κ1) is 21.1. The van der Waals surface area contributed by atoms with Gasteiger partial charge in [-0.2, -0.15) is 5.10 Å². The van der Waals surface area contributed by atoms with E-state index in [0.717, 1.165) is 11.0 Å². The molecule has 9 heteroatoms. The number of pyridine rings is 1. The molecule has 0 spiro atoms. The zero-order chi connectivity index (χ0) is 21.3. The van der Waals surface area contributed by atoms with E-state index in [1.807, 2.05) is 13.8 Å². The summed E-state index contributed by atoms with van der Waals surface area (Å²) in [6.07, 6.45) is 1.69. The minimum absolute atomic E-state index is 0.156. The molecule has 0 aliphatic rings. The van der Waals surface area contributed by atoms with Crippen LogP contribution in [0.25, 0.3) is 11.0 Å². The number of hydrogen-bond donors (Lipinski definition) is 1. The van der Waals surface area contributed by atoms with Gasteiger partial charge in [0.1, 0.15) is 0 Å². The molecule has 0 saturated heterocycles. The van der Waals surface area contributed by atoms with Gasteiger partial charge < -0.3 is 10.2 Å². The minimum Gasteiger partial charge on any atom is -0.332 e. The maximum absolute atomic E-state index is 12.9. The zero-order valence-corrected chi connectivity index (χ0v) is 18.0. The molecule has 2 aromatic heterocycles. The second-order valence-corrected chi connectivity index (χ2v) is 7.84. The number of likely N-dealkylation sites (N-methyl/N-ethyl adjacent to an activating group) is 1. The number of para-hydroxylation sites is 1. The molecule has 0 aliphatic carbocycles. The van der Waals surface area contributed by atoms with Gasteiger partial charge in [-0.1, -0.05) is 29.3 Å². The van der Waals surface area contributed by atoms with Crippen LogP contribution in [-0.4, -0.2) is 45.1 Å². The lowest BCUT2D eigenvalue weighted by molar-refractivity contribution is -0.116. The van der Waals surface area contributed by atoms with Gasteiger partial charge >= 0.3 is 0 Å². The lowest BCUT2D eigenvalue weighted by Gasteiger charge is -2.18. The molecular weight excluding hydrogens is 413 g/mol. The number of aromatic nitrogens is 3. The van der Waals surface area contributed by atoms with Crippen molar-refractivity contribution in [1.82, 2.24) is 19.7 Å². The van der Waals surface area contributed by atoms with Gasteiger partial charge in [0.05, 0.1) is 39.7 Å². The summed E-state index contributed by atoms with van der Waals surface area (Å²) in [5, 5.41) is 8.41. The predicted molar refractivity (Wildman–Crippen MR) is 115 cm³/mol. The number of hydrogen-bond acceptors (Lipinski definition) is 4. The van der Waals surface area contributed by atoms with Crippen LogP contribution in [0.15, 0.2) is 30.5 Å². The third kappa shape index (κ3) is 4.36. The highest BCUT2D eigenvalue weighted by Gasteiger charge is 2.20. The molecule has 3 aromatic rings. The highest BCUT2D eigenvalue weighted by Crippen LogP contribution is 2.29. The molecular formula is C20H21Cl2N5O2. The quantitative estimate of drug-likeness (QED) is 0.648. The third-order valence-corrected chi connectivity index (χ3v) is 5.06. The van der Waals surface area contributed by atoms with Crippen molar-refractivity contribution in [2.75, 3.05) is 18.9 Å². The Morgan fingerprint density at radius 1 is 1.24 bits per heavy atom. The van der Waals surface area contributed by atoms with E-state index in [9.17, 15) is 9.59 Å². The molecule has 0 radical (unpaired) electrons. The van der Waals surface area contributed by atoms with Gasteiger partial charge in [0, 0.05) is 18.5 Å². The number of anilines is 1. The van der Waals surface area contributed by atoms with Crippen molar-refractivity contribution in [3.63, 3.8) is 0 Å². The summed E-state index contributed by atoms with van der Waals surface area (Å²) in [5.41, 5.74) is 2.04. The monoisotopic (exact) mass is 433 g/mol. The number of aryl methyl sites for hydroxylation is 1. The molecule has 0 unspecified atom stereocenters. The molecule has 2 heterocycles. The summed E-state index contributed by atoms with van der Waals surface area (Å²) in [6.45, 7) is 5.63. The number of nitrogens with one attached hydrogen (secondary N) is 1. The van der Waals surface area contributed by atoms with Crippen LogP contribution in [0.1, 0.15) is 35.9 Å². The highest BCUT2D eigenvalue weighted by molar-refractivity contribution is 6.39. The van der Waals surface area contributed by atoms with Crippen LogP contribution < -0.4 is 5.32 Å². The van der Waals surface area contributed by atoms with Gasteiger partial charge in [-0.3, -0.25) is 9.59 Å². The van der Waals surface area contributed by atoms with E-state index in [1.54, 1.807) is 49.1 Å². The second-order valence-electron chi connectivity index (χ2n) is 7.02. The van der Waals surface area contributed by atoms with Crippen LogP contribution in [0.4, 0.5) is 5.69 Å². The van der Waals surface area contributed by atoms with Gasteiger partial charge in [-0.05, 0) is 39.0 Å². The number of carbonyl (C=O) groups is 2. The molecule has 1 N–H and O–H groups in total. The Morgan fingerprint density at radius 2 is 1.90 bits per heavy atom. The first-order valence-corrected chi connectivity index (χ1v) is 9.78. The summed E-state index contributed by atoms with van der Waals surface area (Å²) in [7, 11) is 1.55. The van der Waals surface area contributed by atoms with Crippen molar-refractivity contribution in [3.8, 4) is 0 Å². The molecule has 0 atom stereocenters. The van der Waals surface area contributed by atoms with Gasteiger partial charge in [-0.15, -0.1) is 0 Å². The molecule has 1 aromatic carbocycles. The predicted octanol–water partition coefficient (Wildman–Crippen LogP) is 4.34. The van der Waals surface area contributed by atoms with Crippen molar-refractivity contribution in [3.05, 3.63) is 51.8 Å². The molecule has 152 valence electrons. The van der Waals surface area contributed by atoms with Gasteiger partial charge in [0.15, 0.2) is 5.65 Å². The van der Waals surface area contributed by atoms with Gasteiger partial charge in [0.2, 0.25) is 5.91 Å². The fourth-order valence-corrected chi connectivity index (χ4v) is 3.44. The van der Waals surface area contributed by atoms with E-state index in [4.69, 9.17) is 23.2 Å².